The summed E-state index contributed by atoms with van der Waals surface area (Å²) in [5.74, 6) is -2.62. The van der Waals surface area contributed by atoms with E-state index < -0.39 is 18.4 Å². The maximum absolute atomic E-state index is 9.43. The Bertz CT molecular complexity index is 244. The molecule has 0 aromatic rings. The van der Waals surface area contributed by atoms with Gasteiger partial charge in [-0.15, -0.1) is 0 Å². The maximum atomic E-state index is 9.43. The number of ether oxygens (including phenoxy) is 4. The molecule has 0 aliphatic heterocycles. The van der Waals surface area contributed by atoms with Crippen LogP contribution >= 0.6 is 0 Å². The average Bonchev–Trinajstić information content (AvgIpc) is 2.39. The average molecular weight is 324 g/mol. The fourth-order valence-corrected chi connectivity index (χ4v) is 1.40. The summed E-state index contributed by atoms with van der Waals surface area (Å²) in [7, 11) is 0. The first-order valence-corrected chi connectivity index (χ1v) is 7.31. The van der Waals surface area contributed by atoms with Crippen molar-refractivity contribution in [3.8, 4) is 0 Å². The molecule has 0 atom stereocenters. The minimum absolute atomic E-state index is 0.233. The van der Waals surface area contributed by atoms with Crippen molar-refractivity contribution in [2.24, 2.45) is 0 Å². The third kappa shape index (κ3) is 16.8. The van der Waals surface area contributed by atoms with Gasteiger partial charge in [-0.3, -0.25) is 9.59 Å². The van der Waals surface area contributed by atoms with Gasteiger partial charge in [0.15, 0.2) is 12.6 Å². The van der Waals surface area contributed by atoms with E-state index in [-0.39, 0.29) is 12.6 Å². The molecule has 8 heteroatoms. The lowest BCUT2D eigenvalue weighted by Gasteiger charge is -2.23. The maximum Gasteiger partial charge on any atom is 0.314 e. The SMILES string of the molecule is CCOC(CC(OCC)OCC)OCC.O=C(O)CC(=O)O. The Balaban J connectivity index is 0. The lowest BCUT2D eigenvalue weighted by atomic mass is 10.4. The van der Waals surface area contributed by atoms with Crippen LogP contribution in [0, 0.1) is 0 Å². The van der Waals surface area contributed by atoms with Crippen LogP contribution in [0.2, 0.25) is 0 Å². The van der Waals surface area contributed by atoms with Crippen LogP contribution in [0.1, 0.15) is 40.5 Å². The van der Waals surface area contributed by atoms with Gasteiger partial charge in [-0.25, -0.2) is 0 Å². The van der Waals surface area contributed by atoms with Crippen molar-refractivity contribution in [3.05, 3.63) is 0 Å². The number of aliphatic carboxylic acids is 2. The van der Waals surface area contributed by atoms with E-state index in [0.717, 1.165) is 0 Å². The molecule has 0 heterocycles. The summed E-state index contributed by atoms with van der Waals surface area (Å²) < 4.78 is 21.7. The highest BCUT2D eigenvalue weighted by atomic mass is 16.7. The quantitative estimate of drug-likeness (QED) is 0.412. The molecule has 0 aliphatic rings. The Morgan fingerprint density at radius 2 is 1.00 bits per heavy atom. The Labute approximate surface area is 131 Å². The normalized spacial score (nSPS) is 10.5. The van der Waals surface area contributed by atoms with Crippen LogP contribution in [0.25, 0.3) is 0 Å². The zero-order valence-corrected chi connectivity index (χ0v) is 13.7. The second kappa shape index (κ2) is 16.2. The lowest BCUT2D eigenvalue weighted by molar-refractivity contribution is -0.207. The minimum atomic E-state index is -1.31. The number of hydrogen-bond acceptors (Lipinski definition) is 6. The fourth-order valence-electron chi connectivity index (χ4n) is 1.40. The molecule has 0 saturated carbocycles. The number of hydrogen-bond donors (Lipinski definition) is 2. The molecule has 0 fully saturated rings. The van der Waals surface area contributed by atoms with E-state index >= 15 is 0 Å². The summed E-state index contributed by atoms with van der Waals surface area (Å²) in [5, 5.41) is 15.4. The first-order chi connectivity index (χ1) is 10.4. The van der Waals surface area contributed by atoms with Gasteiger partial charge in [0, 0.05) is 32.8 Å². The fraction of sp³-hybridized carbons (Fsp3) is 0.857. The van der Waals surface area contributed by atoms with E-state index in [2.05, 4.69) is 0 Å². The van der Waals surface area contributed by atoms with Gasteiger partial charge in [0.25, 0.3) is 0 Å². The molecular weight excluding hydrogens is 296 g/mol. The molecule has 0 aromatic heterocycles. The van der Waals surface area contributed by atoms with E-state index in [9.17, 15) is 9.59 Å². The molecule has 0 rings (SSSR count). The van der Waals surface area contributed by atoms with Crippen LogP contribution in [0.3, 0.4) is 0 Å². The second-order valence-corrected chi connectivity index (χ2v) is 3.88. The highest BCUT2D eigenvalue weighted by Crippen LogP contribution is 2.09. The van der Waals surface area contributed by atoms with E-state index in [1.54, 1.807) is 0 Å². The minimum Gasteiger partial charge on any atom is -0.481 e. The molecule has 0 aromatic carbocycles. The van der Waals surface area contributed by atoms with Gasteiger partial charge in [0.1, 0.15) is 6.42 Å². The number of carbonyl (C=O) groups is 2. The first kappa shape index (κ1) is 23.1. The summed E-state index contributed by atoms with van der Waals surface area (Å²) >= 11 is 0. The number of carboxylic acids is 2. The standard InChI is InChI=1S/C11H24O4.C3H4O4/c1-5-12-10(13-6-2)9-11(14-7-3)15-8-4;4-2(5)1-3(6)7/h10-11H,5-9H2,1-4H3;1H2,(H,4,5)(H,6,7). The topological polar surface area (TPSA) is 112 Å². The summed E-state index contributed by atoms with van der Waals surface area (Å²) in [5.41, 5.74) is 0. The van der Waals surface area contributed by atoms with Gasteiger partial charge in [-0.1, -0.05) is 0 Å². The molecule has 132 valence electrons. The highest BCUT2D eigenvalue weighted by Gasteiger charge is 2.17. The van der Waals surface area contributed by atoms with Crippen LogP contribution in [0.5, 0.6) is 0 Å². The van der Waals surface area contributed by atoms with Crippen molar-refractivity contribution in [2.75, 3.05) is 26.4 Å². The largest absolute Gasteiger partial charge is 0.481 e. The molecule has 2 N–H and O–H groups in total. The van der Waals surface area contributed by atoms with Crippen LogP contribution in [0.15, 0.2) is 0 Å². The zero-order chi connectivity index (χ0) is 17.4. The van der Waals surface area contributed by atoms with E-state index in [0.29, 0.717) is 32.8 Å². The van der Waals surface area contributed by atoms with E-state index in [1.165, 1.54) is 0 Å². The van der Waals surface area contributed by atoms with Crippen molar-refractivity contribution in [2.45, 2.75) is 53.1 Å². The third-order valence-electron chi connectivity index (χ3n) is 2.10. The monoisotopic (exact) mass is 324 g/mol. The van der Waals surface area contributed by atoms with Crippen molar-refractivity contribution >= 4 is 11.9 Å². The predicted molar refractivity (Wildman–Crippen MR) is 78.6 cm³/mol. The Hall–Kier alpha value is -1.22. The third-order valence-corrected chi connectivity index (χ3v) is 2.10. The van der Waals surface area contributed by atoms with Gasteiger partial charge in [0.2, 0.25) is 0 Å². The number of rotatable bonds is 12. The summed E-state index contributed by atoms with van der Waals surface area (Å²) in [6, 6.07) is 0. The van der Waals surface area contributed by atoms with Crippen molar-refractivity contribution < 1.29 is 38.7 Å². The van der Waals surface area contributed by atoms with Crippen molar-refractivity contribution in [1.29, 1.82) is 0 Å². The smallest absolute Gasteiger partial charge is 0.314 e. The van der Waals surface area contributed by atoms with Gasteiger partial charge in [-0.05, 0) is 27.7 Å². The lowest BCUT2D eigenvalue weighted by Crippen LogP contribution is -2.28. The molecule has 8 nitrogen and oxygen atoms in total. The van der Waals surface area contributed by atoms with Crippen molar-refractivity contribution in [3.63, 3.8) is 0 Å². The summed E-state index contributed by atoms with van der Waals surface area (Å²) in [6.07, 6.45) is -0.658. The summed E-state index contributed by atoms with van der Waals surface area (Å²) in [4.78, 5) is 18.9. The summed E-state index contributed by atoms with van der Waals surface area (Å²) in [6.45, 7) is 10.3. The Morgan fingerprint density at radius 1 is 0.727 bits per heavy atom. The molecule has 0 aliphatic carbocycles. The molecule has 0 spiro atoms. The zero-order valence-electron chi connectivity index (χ0n) is 13.7. The molecule has 0 bridgehead atoms. The van der Waals surface area contributed by atoms with E-state index in [4.69, 9.17) is 29.2 Å². The highest BCUT2D eigenvalue weighted by molar-refractivity contribution is 5.88. The Kier molecular flexibility index (Phi) is 16.9. The predicted octanol–water partition coefficient (Wildman–Crippen LogP) is 1.72. The molecular formula is C14H28O8. The first-order valence-electron chi connectivity index (χ1n) is 7.31. The van der Waals surface area contributed by atoms with Crippen LogP contribution in [-0.2, 0) is 28.5 Å². The van der Waals surface area contributed by atoms with Gasteiger partial charge < -0.3 is 29.2 Å². The molecule has 0 amide bonds. The molecule has 22 heavy (non-hydrogen) atoms. The van der Waals surface area contributed by atoms with Crippen molar-refractivity contribution in [1.82, 2.24) is 0 Å². The molecule has 0 saturated heterocycles. The Morgan fingerprint density at radius 3 is 1.14 bits per heavy atom. The molecule has 0 radical (unpaired) electrons. The van der Waals surface area contributed by atoms with Gasteiger partial charge >= 0.3 is 11.9 Å². The molecule has 0 unspecified atom stereocenters. The number of carboxylic acid groups (broad SMARTS) is 2. The van der Waals surface area contributed by atoms with Crippen LogP contribution in [-0.4, -0.2) is 61.2 Å². The van der Waals surface area contributed by atoms with Gasteiger partial charge in [0.05, 0.1) is 0 Å². The second-order valence-electron chi connectivity index (χ2n) is 3.88. The van der Waals surface area contributed by atoms with E-state index in [1.807, 2.05) is 27.7 Å². The van der Waals surface area contributed by atoms with Crippen LogP contribution in [0.4, 0.5) is 0 Å². The van der Waals surface area contributed by atoms with Gasteiger partial charge in [-0.2, -0.15) is 0 Å². The van der Waals surface area contributed by atoms with Crippen LogP contribution < -0.4 is 0 Å².